The van der Waals surface area contributed by atoms with E-state index in [4.69, 9.17) is 11.5 Å². The van der Waals surface area contributed by atoms with Gasteiger partial charge in [0.25, 0.3) is 5.91 Å². The summed E-state index contributed by atoms with van der Waals surface area (Å²) in [6.45, 7) is 0.588. The molecule has 224 valence electrons. The maximum absolute atomic E-state index is 13.8. The van der Waals surface area contributed by atoms with E-state index in [0.29, 0.717) is 47.9 Å². The van der Waals surface area contributed by atoms with Gasteiger partial charge in [-0.05, 0) is 91.2 Å². The maximum Gasteiger partial charge on any atom is 0.251 e. The first-order valence-corrected chi connectivity index (χ1v) is 15.9. The standard InChI is InChI=1S/C30H34N8O4S/c1-43(41,42)26-15-24(17-33-18-26)21-6-2-19(3-7-21)14-27(32)30(40)38(29(39)23-8-4-20(16-31)5-9-23)25-12-10-22(11-13-25)28-34-36-37-35-28/h2-3,6-7,10-13,15,17-18,20,23,27H,4-5,8-9,14,16,31-32H2,1H3,(H,34,35,36,37)/t20?,23?,27-/m0/s1. The van der Waals surface area contributed by atoms with Gasteiger partial charge in [0.15, 0.2) is 9.84 Å². The number of nitrogens with one attached hydrogen (secondary N) is 1. The van der Waals surface area contributed by atoms with Gasteiger partial charge in [-0.2, -0.15) is 5.21 Å². The average molecular weight is 603 g/mol. The molecular weight excluding hydrogens is 568 g/mol. The Kier molecular flexibility index (Phi) is 9.04. The molecule has 2 amide bonds. The van der Waals surface area contributed by atoms with Gasteiger partial charge in [-0.1, -0.05) is 24.3 Å². The lowest BCUT2D eigenvalue weighted by molar-refractivity contribution is -0.130. The van der Waals surface area contributed by atoms with E-state index in [9.17, 15) is 18.0 Å². The molecule has 1 fully saturated rings. The van der Waals surface area contributed by atoms with Crippen LogP contribution in [0.5, 0.6) is 0 Å². The maximum atomic E-state index is 13.8. The van der Waals surface area contributed by atoms with Crippen molar-refractivity contribution < 1.29 is 18.0 Å². The van der Waals surface area contributed by atoms with Gasteiger partial charge >= 0.3 is 0 Å². The second kappa shape index (κ2) is 12.9. The monoisotopic (exact) mass is 602 g/mol. The molecule has 0 bridgehead atoms. The zero-order valence-corrected chi connectivity index (χ0v) is 24.6. The van der Waals surface area contributed by atoms with E-state index >= 15 is 0 Å². The summed E-state index contributed by atoms with van der Waals surface area (Å²) in [5.74, 6) is -0.275. The molecule has 1 aliphatic carbocycles. The Morgan fingerprint density at radius 1 is 0.977 bits per heavy atom. The summed E-state index contributed by atoms with van der Waals surface area (Å²) in [5, 5.41) is 13.9. The number of amides is 2. The Labute approximate surface area is 249 Å². The molecule has 2 aromatic carbocycles. The fraction of sp³-hybridized carbons (Fsp3) is 0.333. The number of rotatable bonds is 9. The molecule has 0 aliphatic heterocycles. The minimum Gasteiger partial charge on any atom is -0.330 e. The van der Waals surface area contributed by atoms with Gasteiger partial charge in [-0.3, -0.25) is 14.6 Å². The fourth-order valence-corrected chi connectivity index (χ4v) is 5.95. The average Bonchev–Trinajstić information content (AvgIpc) is 3.57. The second-order valence-corrected chi connectivity index (χ2v) is 13.0. The minimum absolute atomic E-state index is 0.133. The van der Waals surface area contributed by atoms with Crippen LogP contribution in [0.2, 0.25) is 0 Å². The normalized spacial score (nSPS) is 17.7. The summed E-state index contributed by atoms with van der Waals surface area (Å²) in [6, 6.07) is 14.7. The molecule has 1 aliphatic rings. The highest BCUT2D eigenvalue weighted by Gasteiger charge is 2.35. The highest BCUT2D eigenvalue weighted by Crippen LogP contribution is 2.32. The number of tetrazole rings is 1. The lowest BCUT2D eigenvalue weighted by Gasteiger charge is -2.32. The van der Waals surface area contributed by atoms with Gasteiger partial charge in [0, 0.05) is 35.7 Å². The van der Waals surface area contributed by atoms with Crippen molar-refractivity contribution in [2.75, 3.05) is 17.7 Å². The lowest BCUT2D eigenvalue weighted by Crippen LogP contribution is -2.50. The van der Waals surface area contributed by atoms with Crippen molar-refractivity contribution in [2.24, 2.45) is 23.3 Å². The molecule has 12 nitrogen and oxygen atoms in total. The van der Waals surface area contributed by atoms with Gasteiger partial charge in [-0.15, -0.1) is 10.2 Å². The molecule has 1 saturated carbocycles. The SMILES string of the molecule is CS(=O)(=O)c1cncc(-c2ccc(C[C@H](N)C(=O)N(C(=O)C3CCC(CN)CC3)c3ccc(-c4nn[nH]n4)cc3)cc2)c1. The number of nitrogens with two attached hydrogens (primary N) is 2. The number of benzene rings is 2. The number of nitrogens with zero attached hydrogens (tertiary/aromatic N) is 5. The first kappa shape index (κ1) is 30.1. The minimum atomic E-state index is -3.40. The van der Waals surface area contributed by atoms with Gasteiger partial charge in [-0.25, -0.2) is 13.3 Å². The van der Waals surface area contributed by atoms with E-state index in [0.717, 1.165) is 30.2 Å². The van der Waals surface area contributed by atoms with Crippen LogP contribution in [0.1, 0.15) is 31.2 Å². The predicted octanol–water partition coefficient (Wildman–Crippen LogP) is 2.53. The highest BCUT2D eigenvalue weighted by molar-refractivity contribution is 7.90. The third-order valence-corrected chi connectivity index (χ3v) is 8.98. The van der Waals surface area contributed by atoms with Crippen molar-refractivity contribution in [1.29, 1.82) is 0 Å². The number of carbonyl (C=O) groups is 2. The number of carbonyl (C=O) groups excluding carboxylic acids is 2. The van der Waals surface area contributed by atoms with Crippen LogP contribution in [-0.4, -0.2) is 64.7 Å². The Morgan fingerprint density at radius 2 is 1.65 bits per heavy atom. The van der Waals surface area contributed by atoms with Crippen LogP contribution < -0.4 is 16.4 Å². The molecule has 0 radical (unpaired) electrons. The smallest absolute Gasteiger partial charge is 0.251 e. The molecule has 4 aromatic rings. The van der Waals surface area contributed by atoms with Gasteiger partial charge in [0.05, 0.1) is 16.6 Å². The summed E-state index contributed by atoms with van der Waals surface area (Å²) in [6.07, 6.45) is 7.25. The number of imide groups is 1. The van der Waals surface area contributed by atoms with Crippen molar-refractivity contribution in [3.8, 4) is 22.5 Å². The van der Waals surface area contributed by atoms with Crippen LogP contribution in [0, 0.1) is 11.8 Å². The zero-order valence-electron chi connectivity index (χ0n) is 23.8. The third-order valence-electron chi connectivity index (χ3n) is 7.90. The first-order chi connectivity index (χ1) is 20.6. The molecule has 0 saturated heterocycles. The van der Waals surface area contributed by atoms with Crippen LogP contribution >= 0.6 is 0 Å². The number of pyridine rings is 1. The summed E-state index contributed by atoms with van der Waals surface area (Å²) < 4.78 is 23.9. The van der Waals surface area contributed by atoms with Gasteiger partial charge in [0.1, 0.15) is 0 Å². The summed E-state index contributed by atoms with van der Waals surface area (Å²) in [5.41, 5.74) is 15.6. The number of sulfone groups is 1. The Balaban J connectivity index is 1.35. The molecular formula is C30H34N8O4S. The number of hydrogen-bond donors (Lipinski definition) is 3. The first-order valence-electron chi connectivity index (χ1n) is 14.1. The number of aromatic nitrogens is 5. The van der Waals surface area contributed by atoms with Crippen molar-refractivity contribution in [1.82, 2.24) is 25.6 Å². The van der Waals surface area contributed by atoms with Crippen LogP contribution in [0.3, 0.4) is 0 Å². The van der Waals surface area contributed by atoms with Crippen LogP contribution in [0.25, 0.3) is 22.5 Å². The van der Waals surface area contributed by atoms with E-state index in [1.165, 1.54) is 11.1 Å². The predicted molar refractivity (Wildman–Crippen MR) is 161 cm³/mol. The molecule has 2 aromatic heterocycles. The zero-order chi connectivity index (χ0) is 30.6. The molecule has 2 heterocycles. The van der Waals surface area contributed by atoms with Gasteiger partial charge in [0.2, 0.25) is 11.7 Å². The van der Waals surface area contributed by atoms with Crippen molar-refractivity contribution in [3.05, 3.63) is 72.6 Å². The topological polar surface area (TPSA) is 191 Å². The van der Waals surface area contributed by atoms with Crippen LogP contribution in [0.15, 0.2) is 71.9 Å². The molecule has 0 unspecified atom stereocenters. The van der Waals surface area contributed by atoms with E-state index in [1.807, 2.05) is 24.3 Å². The van der Waals surface area contributed by atoms with E-state index < -0.39 is 21.8 Å². The highest BCUT2D eigenvalue weighted by atomic mass is 32.2. The Hall–Kier alpha value is -4.33. The lowest BCUT2D eigenvalue weighted by atomic mass is 9.81. The van der Waals surface area contributed by atoms with Crippen molar-refractivity contribution >= 4 is 27.3 Å². The molecule has 5 N–H and O–H groups in total. The second-order valence-electron chi connectivity index (χ2n) is 10.9. The number of aromatic amines is 1. The number of H-pyrrole nitrogens is 1. The summed E-state index contributed by atoms with van der Waals surface area (Å²) >= 11 is 0. The Morgan fingerprint density at radius 3 is 2.26 bits per heavy atom. The third kappa shape index (κ3) is 7.01. The van der Waals surface area contributed by atoms with Crippen LogP contribution in [-0.2, 0) is 25.8 Å². The fourth-order valence-electron chi connectivity index (χ4n) is 5.35. The quantitative estimate of drug-likeness (QED) is 0.256. The molecule has 0 spiro atoms. The van der Waals surface area contributed by atoms with E-state index in [-0.39, 0.29) is 23.1 Å². The molecule has 5 rings (SSSR count). The number of anilines is 1. The largest absolute Gasteiger partial charge is 0.330 e. The van der Waals surface area contributed by atoms with Crippen LogP contribution in [0.4, 0.5) is 5.69 Å². The number of hydrogen-bond acceptors (Lipinski definition) is 10. The van der Waals surface area contributed by atoms with E-state index in [2.05, 4.69) is 25.6 Å². The molecule has 13 heteroatoms. The molecule has 1 atom stereocenters. The molecule has 43 heavy (non-hydrogen) atoms. The van der Waals surface area contributed by atoms with E-state index in [1.54, 1.807) is 36.5 Å². The van der Waals surface area contributed by atoms with Crippen molar-refractivity contribution in [3.63, 3.8) is 0 Å². The van der Waals surface area contributed by atoms with Gasteiger partial charge < -0.3 is 11.5 Å². The summed E-state index contributed by atoms with van der Waals surface area (Å²) in [4.78, 5) is 33.1. The Bertz CT molecular complexity index is 1670. The summed E-state index contributed by atoms with van der Waals surface area (Å²) in [7, 11) is -3.40. The van der Waals surface area contributed by atoms with Crippen molar-refractivity contribution in [2.45, 2.75) is 43.0 Å².